The molecular weight excluding hydrogens is 210 g/mol. The molecule has 0 saturated heterocycles. The SMILES string of the molecule is C[C@@H](NCc1ccnc(C#N)c1)C1CCCC1. The van der Waals surface area contributed by atoms with Crippen molar-refractivity contribution in [3.63, 3.8) is 0 Å². The van der Waals surface area contributed by atoms with Gasteiger partial charge in [-0.25, -0.2) is 4.98 Å². The molecule has 0 bridgehead atoms. The van der Waals surface area contributed by atoms with E-state index in [0.717, 1.165) is 18.0 Å². The van der Waals surface area contributed by atoms with E-state index in [1.165, 1.54) is 25.7 Å². The molecule has 2 rings (SSSR count). The van der Waals surface area contributed by atoms with Crippen LogP contribution >= 0.6 is 0 Å². The first-order chi connectivity index (χ1) is 8.29. The van der Waals surface area contributed by atoms with Gasteiger partial charge in [0.1, 0.15) is 11.8 Å². The molecule has 17 heavy (non-hydrogen) atoms. The minimum atomic E-state index is 0.498. The van der Waals surface area contributed by atoms with E-state index >= 15 is 0 Å². The van der Waals surface area contributed by atoms with Gasteiger partial charge >= 0.3 is 0 Å². The molecule has 1 aromatic heterocycles. The van der Waals surface area contributed by atoms with Crippen molar-refractivity contribution < 1.29 is 0 Å². The van der Waals surface area contributed by atoms with Crippen molar-refractivity contribution in [1.29, 1.82) is 5.26 Å². The Bertz CT molecular complexity index is 402. The molecule has 0 radical (unpaired) electrons. The maximum Gasteiger partial charge on any atom is 0.140 e. The second-order valence-corrected chi connectivity index (χ2v) is 4.88. The Morgan fingerprint density at radius 3 is 3.00 bits per heavy atom. The second kappa shape index (κ2) is 5.79. The molecule has 1 aliphatic carbocycles. The van der Waals surface area contributed by atoms with Crippen LogP contribution in [0.5, 0.6) is 0 Å². The molecule has 1 saturated carbocycles. The normalized spacial score (nSPS) is 17.9. The van der Waals surface area contributed by atoms with Crippen LogP contribution in [0.25, 0.3) is 0 Å². The molecule has 0 aromatic carbocycles. The summed E-state index contributed by atoms with van der Waals surface area (Å²) in [6.07, 6.45) is 7.17. The quantitative estimate of drug-likeness (QED) is 0.863. The third-order valence-corrected chi connectivity index (χ3v) is 3.67. The van der Waals surface area contributed by atoms with Crippen LogP contribution in [0.2, 0.25) is 0 Å². The van der Waals surface area contributed by atoms with E-state index in [4.69, 9.17) is 5.26 Å². The Hall–Kier alpha value is -1.40. The Morgan fingerprint density at radius 2 is 2.29 bits per heavy atom. The first kappa shape index (κ1) is 12.1. The fourth-order valence-corrected chi connectivity index (χ4v) is 2.55. The first-order valence-corrected chi connectivity index (χ1v) is 6.38. The van der Waals surface area contributed by atoms with Crippen LogP contribution < -0.4 is 5.32 Å². The van der Waals surface area contributed by atoms with E-state index < -0.39 is 0 Å². The molecule has 1 heterocycles. The van der Waals surface area contributed by atoms with Gasteiger partial charge in [-0.3, -0.25) is 0 Å². The summed E-state index contributed by atoms with van der Waals surface area (Å²) in [4.78, 5) is 3.97. The predicted molar refractivity (Wildman–Crippen MR) is 67.2 cm³/mol. The molecule has 3 heteroatoms. The van der Waals surface area contributed by atoms with Gasteiger partial charge in [0, 0.05) is 18.8 Å². The molecule has 0 spiro atoms. The van der Waals surface area contributed by atoms with Crippen molar-refractivity contribution in [1.82, 2.24) is 10.3 Å². The smallest absolute Gasteiger partial charge is 0.140 e. The van der Waals surface area contributed by atoms with E-state index in [0.29, 0.717) is 11.7 Å². The van der Waals surface area contributed by atoms with Gasteiger partial charge in [-0.2, -0.15) is 5.26 Å². The number of hydrogen-bond donors (Lipinski definition) is 1. The molecule has 3 nitrogen and oxygen atoms in total. The maximum absolute atomic E-state index is 8.78. The van der Waals surface area contributed by atoms with E-state index in [1.54, 1.807) is 6.20 Å². The lowest BCUT2D eigenvalue weighted by atomic mass is 9.99. The predicted octanol–water partition coefficient (Wildman–Crippen LogP) is 2.62. The zero-order chi connectivity index (χ0) is 12.1. The van der Waals surface area contributed by atoms with Crippen LogP contribution in [0.15, 0.2) is 18.3 Å². The summed E-state index contributed by atoms with van der Waals surface area (Å²) in [5.74, 6) is 0.826. The minimum absolute atomic E-state index is 0.498. The highest BCUT2D eigenvalue weighted by Gasteiger charge is 2.20. The Labute approximate surface area is 103 Å². The van der Waals surface area contributed by atoms with Gasteiger partial charge < -0.3 is 5.32 Å². The highest BCUT2D eigenvalue weighted by molar-refractivity contribution is 5.25. The van der Waals surface area contributed by atoms with E-state index in [1.807, 2.05) is 12.1 Å². The second-order valence-electron chi connectivity index (χ2n) is 4.88. The lowest BCUT2D eigenvalue weighted by Crippen LogP contribution is -2.31. The average Bonchev–Trinajstić information content (AvgIpc) is 2.90. The molecule has 90 valence electrons. The Kier molecular flexibility index (Phi) is 4.11. The number of nitriles is 1. The van der Waals surface area contributed by atoms with Gasteiger partial charge in [-0.05, 0) is 43.4 Å². The van der Waals surface area contributed by atoms with E-state index in [-0.39, 0.29) is 0 Å². The van der Waals surface area contributed by atoms with Crippen LogP contribution in [0.1, 0.15) is 43.9 Å². The topological polar surface area (TPSA) is 48.7 Å². The number of hydrogen-bond acceptors (Lipinski definition) is 3. The van der Waals surface area contributed by atoms with Crippen molar-refractivity contribution in [2.45, 2.75) is 45.2 Å². The molecule has 0 amide bonds. The van der Waals surface area contributed by atoms with Gasteiger partial charge in [0.25, 0.3) is 0 Å². The number of nitrogens with zero attached hydrogens (tertiary/aromatic N) is 2. The van der Waals surface area contributed by atoms with Crippen LogP contribution in [0.4, 0.5) is 0 Å². The lowest BCUT2D eigenvalue weighted by Gasteiger charge is -2.20. The summed E-state index contributed by atoms with van der Waals surface area (Å²) in [6.45, 7) is 3.09. The third-order valence-electron chi connectivity index (χ3n) is 3.67. The number of nitrogens with one attached hydrogen (secondary N) is 1. The molecule has 1 fully saturated rings. The fraction of sp³-hybridized carbons (Fsp3) is 0.571. The highest BCUT2D eigenvalue weighted by atomic mass is 14.9. The van der Waals surface area contributed by atoms with Crippen molar-refractivity contribution >= 4 is 0 Å². The van der Waals surface area contributed by atoms with Gasteiger partial charge in [0.05, 0.1) is 0 Å². The largest absolute Gasteiger partial charge is 0.310 e. The summed E-state index contributed by atoms with van der Waals surface area (Å²) >= 11 is 0. The molecule has 0 unspecified atom stereocenters. The summed E-state index contributed by atoms with van der Waals surface area (Å²) in [7, 11) is 0. The lowest BCUT2D eigenvalue weighted by molar-refractivity contribution is 0.380. The zero-order valence-electron chi connectivity index (χ0n) is 10.3. The average molecular weight is 229 g/mol. The zero-order valence-corrected chi connectivity index (χ0v) is 10.3. The summed E-state index contributed by atoms with van der Waals surface area (Å²) in [5.41, 5.74) is 1.64. The van der Waals surface area contributed by atoms with E-state index in [2.05, 4.69) is 23.3 Å². The number of rotatable bonds is 4. The standard InChI is InChI=1S/C14H19N3/c1-11(13-4-2-3-5-13)17-10-12-6-7-16-14(8-12)9-15/h6-8,11,13,17H,2-5,10H2,1H3/t11-/m1/s1. The van der Waals surface area contributed by atoms with Crippen LogP contribution in [0, 0.1) is 17.2 Å². The fourth-order valence-electron chi connectivity index (χ4n) is 2.55. The van der Waals surface area contributed by atoms with Gasteiger partial charge in [-0.15, -0.1) is 0 Å². The van der Waals surface area contributed by atoms with Crippen molar-refractivity contribution in [3.8, 4) is 6.07 Å². The van der Waals surface area contributed by atoms with Gasteiger partial charge in [0.2, 0.25) is 0 Å². The molecule has 1 aliphatic rings. The van der Waals surface area contributed by atoms with E-state index in [9.17, 15) is 0 Å². The third kappa shape index (κ3) is 3.28. The van der Waals surface area contributed by atoms with Crippen molar-refractivity contribution in [2.75, 3.05) is 0 Å². The van der Waals surface area contributed by atoms with Crippen molar-refractivity contribution in [3.05, 3.63) is 29.6 Å². The molecule has 1 N–H and O–H groups in total. The molecular formula is C14H19N3. The highest BCUT2D eigenvalue weighted by Crippen LogP contribution is 2.27. The van der Waals surface area contributed by atoms with Gasteiger partial charge in [0.15, 0.2) is 0 Å². The molecule has 0 aliphatic heterocycles. The van der Waals surface area contributed by atoms with Crippen LogP contribution in [-0.2, 0) is 6.54 Å². The molecule has 1 aromatic rings. The van der Waals surface area contributed by atoms with Crippen molar-refractivity contribution in [2.24, 2.45) is 5.92 Å². The molecule has 1 atom stereocenters. The minimum Gasteiger partial charge on any atom is -0.310 e. The number of pyridine rings is 1. The Balaban J connectivity index is 1.86. The summed E-state index contributed by atoms with van der Waals surface area (Å²) in [6, 6.07) is 6.46. The monoisotopic (exact) mass is 229 g/mol. The maximum atomic E-state index is 8.78. The van der Waals surface area contributed by atoms with Crippen LogP contribution in [-0.4, -0.2) is 11.0 Å². The summed E-state index contributed by atoms with van der Waals surface area (Å²) < 4.78 is 0. The summed E-state index contributed by atoms with van der Waals surface area (Å²) in [5, 5.41) is 12.3. The first-order valence-electron chi connectivity index (χ1n) is 6.38. The number of aromatic nitrogens is 1. The Morgan fingerprint density at radius 1 is 1.53 bits per heavy atom. The van der Waals surface area contributed by atoms with Crippen LogP contribution in [0.3, 0.4) is 0 Å². The van der Waals surface area contributed by atoms with Gasteiger partial charge in [-0.1, -0.05) is 12.8 Å².